The van der Waals surface area contributed by atoms with E-state index in [-0.39, 0.29) is 18.3 Å². The predicted octanol–water partition coefficient (Wildman–Crippen LogP) is 4.48. The van der Waals surface area contributed by atoms with Crippen LogP contribution in [-0.4, -0.2) is 47.4 Å². The van der Waals surface area contributed by atoms with Crippen molar-refractivity contribution in [1.29, 1.82) is 0 Å². The Morgan fingerprint density at radius 3 is 2.94 bits per heavy atom. The molecule has 0 spiro atoms. The molecule has 6 nitrogen and oxygen atoms in total. The fourth-order valence-corrected chi connectivity index (χ4v) is 3.69. The van der Waals surface area contributed by atoms with Gasteiger partial charge in [-0.3, -0.25) is 9.69 Å². The minimum absolute atomic E-state index is 0. The molecule has 1 aliphatic rings. The summed E-state index contributed by atoms with van der Waals surface area (Å²) in [5.41, 5.74) is 3.99. The first kappa shape index (κ1) is 22.8. The number of aryl methyl sites for hydroxylation is 1. The van der Waals surface area contributed by atoms with Gasteiger partial charge in [-0.15, -0.1) is 12.4 Å². The van der Waals surface area contributed by atoms with Crippen LogP contribution in [0.3, 0.4) is 0 Å². The molecule has 4 rings (SSSR count). The van der Waals surface area contributed by atoms with E-state index in [0.29, 0.717) is 12.6 Å². The number of likely N-dealkylation sites (N-methyl/N-ethyl adjacent to an activating group) is 2. The topological polar surface area (TPSA) is 61.6 Å². The summed E-state index contributed by atoms with van der Waals surface area (Å²) in [7, 11) is 3.90. The van der Waals surface area contributed by atoms with Crippen molar-refractivity contribution in [2.45, 2.75) is 33.0 Å². The maximum Gasteiger partial charge on any atom is 0.246 e. The van der Waals surface area contributed by atoms with Crippen molar-refractivity contribution in [3.63, 3.8) is 0 Å². The largest absolute Gasteiger partial charge is 0.459 e. The molecular formula is C24H29ClN4O2. The third-order valence-corrected chi connectivity index (χ3v) is 5.84. The first-order valence-corrected chi connectivity index (χ1v) is 10.3. The van der Waals surface area contributed by atoms with Crippen molar-refractivity contribution in [2.75, 3.05) is 26.0 Å². The van der Waals surface area contributed by atoms with Crippen molar-refractivity contribution in [1.82, 2.24) is 14.8 Å². The van der Waals surface area contributed by atoms with Crippen molar-refractivity contribution in [2.24, 2.45) is 0 Å². The van der Waals surface area contributed by atoms with Gasteiger partial charge in [-0.05, 0) is 44.7 Å². The van der Waals surface area contributed by atoms with E-state index in [1.54, 1.807) is 24.2 Å². The summed E-state index contributed by atoms with van der Waals surface area (Å²) < 4.78 is 5.94. The molecular weight excluding hydrogens is 412 g/mol. The first-order valence-electron chi connectivity index (χ1n) is 10.3. The van der Waals surface area contributed by atoms with E-state index in [0.717, 1.165) is 52.3 Å². The number of anilines is 1. The minimum Gasteiger partial charge on any atom is -0.459 e. The third-order valence-electron chi connectivity index (χ3n) is 5.84. The van der Waals surface area contributed by atoms with Gasteiger partial charge in [-0.25, -0.2) is 4.98 Å². The van der Waals surface area contributed by atoms with E-state index in [2.05, 4.69) is 35.2 Å². The zero-order valence-corrected chi connectivity index (χ0v) is 19.2. The molecule has 0 fully saturated rings. The van der Waals surface area contributed by atoms with Gasteiger partial charge < -0.3 is 14.6 Å². The number of halogens is 1. The van der Waals surface area contributed by atoms with Gasteiger partial charge in [0.1, 0.15) is 17.2 Å². The van der Waals surface area contributed by atoms with Gasteiger partial charge in [0.25, 0.3) is 0 Å². The summed E-state index contributed by atoms with van der Waals surface area (Å²) in [6.45, 7) is 6.35. The highest BCUT2D eigenvalue weighted by Gasteiger charge is 2.18. The van der Waals surface area contributed by atoms with Crippen LogP contribution in [0.4, 0.5) is 5.82 Å². The van der Waals surface area contributed by atoms with Crippen molar-refractivity contribution < 1.29 is 9.21 Å². The predicted molar refractivity (Wildman–Crippen MR) is 127 cm³/mol. The van der Waals surface area contributed by atoms with Crippen molar-refractivity contribution in [3.8, 4) is 0 Å². The molecule has 0 bridgehead atoms. The third kappa shape index (κ3) is 4.92. The first-order chi connectivity index (χ1) is 14.4. The number of carbonyl (C=O) groups is 1. The fraction of sp³-hybridized carbons (Fsp3) is 0.333. The van der Waals surface area contributed by atoms with E-state index in [4.69, 9.17) is 4.42 Å². The molecule has 0 saturated heterocycles. The quantitative estimate of drug-likeness (QED) is 0.606. The maximum atomic E-state index is 12.6. The van der Waals surface area contributed by atoms with Gasteiger partial charge in [0.2, 0.25) is 5.91 Å². The van der Waals surface area contributed by atoms with E-state index < -0.39 is 0 Å². The van der Waals surface area contributed by atoms with Gasteiger partial charge in [0, 0.05) is 55.0 Å². The fourth-order valence-electron chi connectivity index (χ4n) is 3.69. The number of aromatic nitrogens is 1. The summed E-state index contributed by atoms with van der Waals surface area (Å²) in [6, 6.07) is 10.5. The maximum absolute atomic E-state index is 12.6. The number of fused-ring (bicyclic) bond motifs is 2. The average Bonchev–Trinajstić information content (AvgIpc) is 2.98. The second-order valence-electron chi connectivity index (χ2n) is 8.10. The van der Waals surface area contributed by atoms with E-state index in [9.17, 15) is 4.79 Å². The lowest BCUT2D eigenvalue weighted by molar-refractivity contribution is -0.125. The standard InChI is InChI=1S/C24H28N4O2.ClH/c1-16-12-25-24-19(14-27(16)3)11-18(13-26-24)9-10-23(29)28(4)15-22-17(2)20-7-5-6-8-21(20)30-22;/h5-11,13,16H,12,14-15H2,1-4H3,(H,25,26);1H. The highest BCUT2D eigenvalue weighted by molar-refractivity contribution is 5.91. The number of hydrogen-bond donors (Lipinski definition) is 1. The molecule has 1 amide bonds. The van der Waals surface area contributed by atoms with Gasteiger partial charge in [-0.2, -0.15) is 0 Å². The summed E-state index contributed by atoms with van der Waals surface area (Å²) in [4.78, 5) is 21.1. The van der Waals surface area contributed by atoms with Crippen LogP contribution < -0.4 is 5.32 Å². The molecule has 0 aliphatic carbocycles. The molecule has 1 N–H and O–H groups in total. The minimum atomic E-state index is -0.0753. The number of carbonyl (C=O) groups excluding carboxylic acids is 1. The number of hydrogen-bond acceptors (Lipinski definition) is 5. The number of amides is 1. The smallest absolute Gasteiger partial charge is 0.246 e. The molecule has 1 aromatic carbocycles. The summed E-state index contributed by atoms with van der Waals surface area (Å²) in [5.74, 6) is 1.66. The molecule has 31 heavy (non-hydrogen) atoms. The number of nitrogens with zero attached hydrogens (tertiary/aromatic N) is 3. The van der Waals surface area contributed by atoms with Crippen LogP contribution in [-0.2, 0) is 17.9 Å². The van der Waals surface area contributed by atoms with Crippen LogP contribution >= 0.6 is 12.4 Å². The Morgan fingerprint density at radius 1 is 1.39 bits per heavy atom. The second kappa shape index (κ2) is 9.54. The Balaban J connectivity index is 0.00000272. The summed E-state index contributed by atoms with van der Waals surface area (Å²) in [6.07, 6.45) is 5.22. The van der Waals surface area contributed by atoms with Gasteiger partial charge in [0.15, 0.2) is 0 Å². The highest BCUT2D eigenvalue weighted by atomic mass is 35.5. The lowest BCUT2D eigenvalue weighted by Crippen LogP contribution is -2.31. The van der Waals surface area contributed by atoms with Gasteiger partial charge >= 0.3 is 0 Å². The monoisotopic (exact) mass is 440 g/mol. The Kier molecular flexibility index (Phi) is 7.03. The molecule has 0 saturated carbocycles. The number of pyridine rings is 1. The highest BCUT2D eigenvalue weighted by Crippen LogP contribution is 2.26. The van der Waals surface area contributed by atoms with Gasteiger partial charge in [-0.1, -0.05) is 18.2 Å². The normalized spacial score (nSPS) is 16.5. The Hall–Kier alpha value is -2.83. The molecule has 164 valence electrons. The zero-order valence-electron chi connectivity index (χ0n) is 18.4. The molecule has 0 radical (unpaired) electrons. The molecule has 1 unspecified atom stereocenters. The Bertz CT molecular complexity index is 1110. The van der Waals surface area contributed by atoms with Gasteiger partial charge in [0.05, 0.1) is 6.54 Å². The lowest BCUT2D eigenvalue weighted by Gasteiger charge is -2.20. The van der Waals surface area contributed by atoms with Crippen LogP contribution in [0.15, 0.2) is 47.0 Å². The number of rotatable bonds is 4. The number of benzene rings is 1. The molecule has 1 aliphatic heterocycles. The Labute approximate surface area is 189 Å². The van der Waals surface area contributed by atoms with Crippen LogP contribution in [0.25, 0.3) is 17.0 Å². The van der Waals surface area contributed by atoms with Crippen molar-refractivity contribution >= 4 is 41.2 Å². The van der Waals surface area contributed by atoms with Crippen LogP contribution in [0.5, 0.6) is 0 Å². The Morgan fingerprint density at radius 2 is 2.16 bits per heavy atom. The van der Waals surface area contributed by atoms with Crippen LogP contribution in [0, 0.1) is 6.92 Å². The average molecular weight is 441 g/mol. The number of furan rings is 1. The zero-order chi connectivity index (χ0) is 21.3. The van der Waals surface area contributed by atoms with Crippen molar-refractivity contribution in [3.05, 3.63) is 65.1 Å². The van der Waals surface area contributed by atoms with E-state index in [1.807, 2.05) is 37.3 Å². The lowest BCUT2D eigenvalue weighted by atomic mass is 10.1. The molecule has 7 heteroatoms. The summed E-state index contributed by atoms with van der Waals surface area (Å²) in [5, 5.41) is 4.49. The molecule has 2 aromatic heterocycles. The number of para-hydroxylation sites is 1. The van der Waals surface area contributed by atoms with E-state index >= 15 is 0 Å². The molecule has 3 aromatic rings. The van der Waals surface area contributed by atoms with Crippen LogP contribution in [0.1, 0.15) is 29.4 Å². The van der Waals surface area contributed by atoms with E-state index in [1.165, 1.54) is 0 Å². The molecule has 3 heterocycles. The SMILES string of the molecule is Cc1c(CN(C)C(=O)C=Cc2cnc3c(c2)CN(C)C(C)CN3)oc2ccccc12.Cl. The summed E-state index contributed by atoms with van der Waals surface area (Å²) >= 11 is 0. The van der Waals surface area contributed by atoms with Crippen LogP contribution in [0.2, 0.25) is 0 Å². The second-order valence-corrected chi connectivity index (χ2v) is 8.10. The molecule has 1 atom stereocenters. The number of nitrogens with one attached hydrogen (secondary N) is 1.